The second kappa shape index (κ2) is 6.65. The van der Waals surface area contributed by atoms with E-state index in [4.69, 9.17) is 15.9 Å². The van der Waals surface area contributed by atoms with Gasteiger partial charge in [0.1, 0.15) is 11.5 Å². The normalized spacial score (nSPS) is 11.0. The molecule has 0 saturated carbocycles. The molecule has 0 aliphatic carbocycles. The predicted octanol–water partition coefficient (Wildman–Crippen LogP) is 1.74. The van der Waals surface area contributed by atoms with Crippen molar-refractivity contribution in [2.45, 2.75) is 26.2 Å². The smallest absolute Gasteiger partial charge is 0.136 e. The van der Waals surface area contributed by atoms with Crippen LogP contribution in [-0.4, -0.2) is 23.4 Å². The molecule has 0 spiro atoms. The van der Waals surface area contributed by atoms with E-state index < -0.39 is 0 Å². The van der Waals surface area contributed by atoms with Crippen molar-refractivity contribution >= 4 is 11.4 Å². The molecule has 0 radical (unpaired) electrons. The highest BCUT2D eigenvalue weighted by Gasteiger charge is 2.17. The van der Waals surface area contributed by atoms with Gasteiger partial charge < -0.3 is 26.1 Å². The average Bonchev–Trinajstić information content (AvgIpc) is 2.95. The fraction of sp³-hybridized carbons (Fsp3) is 0.375. The van der Waals surface area contributed by atoms with Crippen molar-refractivity contribution in [1.29, 1.82) is 0 Å². The van der Waals surface area contributed by atoms with Crippen LogP contribution in [-0.2, 0) is 19.3 Å². The van der Waals surface area contributed by atoms with Gasteiger partial charge in [0.25, 0.3) is 0 Å². The molecule has 0 aliphatic rings. The summed E-state index contributed by atoms with van der Waals surface area (Å²) >= 11 is 0. The van der Waals surface area contributed by atoms with Crippen LogP contribution in [0, 0.1) is 0 Å². The molecule has 1 heterocycles. The van der Waals surface area contributed by atoms with Gasteiger partial charge >= 0.3 is 0 Å². The fourth-order valence-electron chi connectivity index (χ4n) is 2.54. The number of nitrogen functional groups attached to an aromatic ring is 2. The number of hydrogen-bond donors (Lipinski definition) is 4. The topological polar surface area (TPSA) is 106 Å². The van der Waals surface area contributed by atoms with E-state index >= 15 is 0 Å². The lowest BCUT2D eigenvalue weighted by molar-refractivity contribution is 0.293. The van der Waals surface area contributed by atoms with Crippen LogP contribution in [0.15, 0.2) is 22.6 Å². The summed E-state index contributed by atoms with van der Waals surface area (Å²) in [6.45, 7) is 1.98. The number of aliphatic hydroxyl groups is 2. The second-order valence-electron chi connectivity index (χ2n) is 4.95. The van der Waals surface area contributed by atoms with Gasteiger partial charge in [0.05, 0.1) is 0 Å². The van der Waals surface area contributed by atoms with Crippen molar-refractivity contribution in [3.63, 3.8) is 0 Å². The molecule has 0 unspecified atom stereocenters. The van der Waals surface area contributed by atoms with Crippen LogP contribution in [0.1, 0.15) is 23.8 Å². The summed E-state index contributed by atoms with van der Waals surface area (Å²) in [5.41, 5.74) is 15.8. The molecule has 6 N–H and O–H groups in total. The average molecular weight is 290 g/mol. The number of benzene rings is 1. The Bertz CT molecular complexity index is 620. The lowest BCUT2D eigenvalue weighted by Gasteiger charge is -2.17. The number of anilines is 2. The predicted molar refractivity (Wildman–Crippen MR) is 83.9 cm³/mol. The third kappa shape index (κ3) is 3.04. The van der Waals surface area contributed by atoms with Crippen LogP contribution in [0.2, 0.25) is 0 Å². The van der Waals surface area contributed by atoms with E-state index in [1.807, 2.05) is 19.1 Å². The molecule has 5 heteroatoms. The molecule has 0 fully saturated rings. The molecule has 0 bridgehead atoms. The lowest BCUT2D eigenvalue weighted by atomic mass is 9.94. The highest BCUT2D eigenvalue weighted by molar-refractivity contribution is 5.81. The monoisotopic (exact) mass is 290 g/mol. The summed E-state index contributed by atoms with van der Waals surface area (Å²) in [7, 11) is 0. The number of nitrogens with two attached hydrogens (primary N) is 2. The Kier molecular flexibility index (Phi) is 4.88. The summed E-state index contributed by atoms with van der Waals surface area (Å²) in [5, 5.41) is 18.4. The second-order valence-corrected chi connectivity index (χ2v) is 4.95. The Labute approximate surface area is 124 Å². The first-order chi connectivity index (χ1) is 10.1. The van der Waals surface area contributed by atoms with Crippen LogP contribution >= 0.6 is 0 Å². The maximum atomic E-state index is 9.25. The molecule has 0 aliphatic heterocycles. The summed E-state index contributed by atoms with van der Waals surface area (Å²) in [6, 6.07) is 5.57. The van der Waals surface area contributed by atoms with Gasteiger partial charge in [-0.25, -0.2) is 0 Å². The molecule has 114 valence electrons. The van der Waals surface area contributed by atoms with Gasteiger partial charge in [-0.3, -0.25) is 0 Å². The highest BCUT2D eigenvalue weighted by Crippen LogP contribution is 2.36. The van der Waals surface area contributed by atoms with E-state index in [2.05, 4.69) is 0 Å². The first kappa shape index (κ1) is 15.4. The third-order valence-electron chi connectivity index (χ3n) is 3.63. The van der Waals surface area contributed by atoms with Crippen molar-refractivity contribution in [2.24, 2.45) is 0 Å². The summed E-state index contributed by atoms with van der Waals surface area (Å²) in [4.78, 5) is 0. The van der Waals surface area contributed by atoms with Crippen LogP contribution in [0.4, 0.5) is 11.4 Å². The fourth-order valence-corrected chi connectivity index (χ4v) is 2.54. The summed E-state index contributed by atoms with van der Waals surface area (Å²) < 4.78 is 5.74. The Morgan fingerprint density at radius 2 is 1.71 bits per heavy atom. The Morgan fingerprint density at radius 1 is 1.05 bits per heavy atom. The molecule has 2 rings (SSSR count). The Hall–Kier alpha value is -1.98. The SMILES string of the molecule is CCc1ccc(-c2cc(N)c(CCO)c(CCO)c2N)o1. The molecular weight excluding hydrogens is 268 g/mol. The highest BCUT2D eigenvalue weighted by atomic mass is 16.3. The zero-order valence-electron chi connectivity index (χ0n) is 12.2. The van der Waals surface area contributed by atoms with Gasteiger partial charge in [-0.05, 0) is 42.2 Å². The summed E-state index contributed by atoms with van der Waals surface area (Å²) in [5.74, 6) is 1.55. The van der Waals surface area contributed by atoms with Gasteiger partial charge in [0.2, 0.25) is 0 Å². The quantitative estimate of drug-likeness (QED) is 0.606. The van der Waals surface area contributed by atoms with Crippen LogP contribution in [0.5, 0.6) is 0 Å². The first-order valence-corrected chi connectivity index (χ1v) is 7.12. The lowest BCUT2D eigenvalue weighted by Crippen LogP contribution is -2.09. The van der Waals surface area contributed by atoms with Gasteiger partial charge in [-0.15, -0.1) is 0 Å². The standard InChI is InChI=1S/C16H22N2O3/c1-2-10-3-4-15(21-10)13-9-14(17)11(5-7-19)12(6-8-20)16(13)18/h3-4,9,19-20H,2,5-8,17-18H2,1H3. The van der Waals surface area contributed by atoms with Crippen molar-refractivity contribution < 1.29 is 14.6 Å². The molecule has 21 heavy (non-hydrogen) atoms. The minimum absolute atomic E-state index is 0.0118. The third-order valence-corrected chi connectivity index (χ3v) is 3.63. The molecule has 0 saturated heterocycles. The van der Waals surface area contributed by atoms with Crippen molar-refractivity contribution in [3.05, 3.63) is 35.1 Å². The first-order valence-electron chi connectivity index (χ1n) is 7.12. The number of aryl methyl sites for hydroxylation is 1. The van der Waals surface area contributed by atoms with Crippen molar-refractivity contribution in [3.8, 4) is 11.3 Å². The van der Waals surface area contributed by atoms with Gasteiger partial charge in [-0.1, -0.05) is 6.92 Å². The van der Waals surface area contributed by atoms with Gasteiger partial charge in [0.15, 0.2) is 0 Å². The van der Waals surface area contributed by atoms with E-state index in [0.29, 0.717) is 30.0 Å². The zero-order valence-corrected chi connectivity index (χ0v) is 12.2. The maximum absolute atomic E-state index is 9.25. The van der Waals surface area contributed by atoms with Gasteiger partial charge in [0, 0.05) is 36.6 Å². The van der Waals surface area contributed by atoms with E-state index in [1.165, 1.54) is 0 Å². The van der Waals surface area contributed by atoms with Crippen LogP contribution in [0.3, 0.4) is 0 Å². The van der Waals surface area contributed by atoms with E-state index in [1.54, 1.807) is 6.07 Å². The number of aliphatic hydroxyl groups excluding tert-OH is 2. The number of furan rings is 1. The molecular formula is C16H22N2O3. The largest absolute Gasteiger partial charge is 0.461 e. The molecule has 0 amide bonds. The van der Waals surface area contributed by atoms with E-state index in [0.717, 1.165) is 28.9 Å². The minimum atomic E-state index is -0.0239. The molecule has 1 aromatic carbocycles. The minimum Gasteiger partial charge on any atom is -0.461 e. The van der Waals surface area contributed by atoms with E-state index in [9.17, 15) is 10.2 Å². The van der Waals surface area contributed by atoms with Gasteiger partial charge in [-0.2, -0.15) is 0 Å². The van der Waals surface area contributed by atoms with Crippen molar-refractivity contribution in [1.82, 2.24) is 0 Å². The Balaban J connectivity index is 2.57. The molecule has 1 aromatic heterocycles. The maximum Gasteiger partial charge on any atom is 0.136 e. The molecule has 0 atom stereocenters. The van der Waals surface area contributed by atoms with Crippen LogP contribution in [0.25, 0.3) is 11.3 Å². The van der Waals surface area contributed by atoms with Crippen LogP contribution < -0.4 is 11.5 Å². The molecule has 2 aromatic rings. The summed E-state index contributed by atoms with van der Waals surface area (Å²) in [6.07, 6.45) is 1.63. The zero-order chi connectivity index (χ0) is 15.4. The number of rotatable bonds is 6. The Morgan fingerprint density at radius 3 is 2.29 bits per heavy atom. The van der Waals surface area contributed by atoms with Crippen molar-refractivity contribution in [2.75, 3.05) is 24.7 Å². The molecule has 5 nitrogen and oxygen atoms in total. The number of hydrogen-bond acceptors (Lipinski definition) is 5. The van der Waals surface area contributed by atoms with E-state index in [-0.39, 0.29) is 13.2 Å².